The van der Waals surface area contributed by atoms with Gasteiger partial charge in [0.1, 0.15) is 5.69 Å². The molecule has 8 heteroatoms. The predicted octanol–water partition coefficient (Wildman–Crippen LogP) is 6.17. The summed E-state index contributed by atoms with van der Waals surface area (Å²) in [5, 5.41) is 6.48. The third-order valence-corrected chi connectivity index (χ3v) is 7.83. The van der Waals surface area contributed by atoms with Gasteiger partial charge in [0, 0.05) is 40.7 Å². The number of hydrogen-bond donors (Lipinski definition) is 1. The highest BCUT2D eigenvalue weighted by Crippen LogP contribution is 2.32. The number of nitrogens with one attached hydrogen (secondary N) is 1. The SMILES string of the molecule is CCSCC(=O)N1CCC(c2nc(C(=O)Nc3ccccc3-c3ccc(Cl)cc3)cs2)CC1. The van der Waals surface area contributed by atoms with Crippen LogP contribution in [0.2, 0.25) is 5.02 Å². The summed E-state index contributed by atoms with van der Waals surface area (Å²) in [6, 6.07) is 15.2. The van der Waals surface area contributed by atoms with Crippen LogP contribution in [0, 0.1) is 0 Å². The molecular weight excluding hydrogens is 474 g/mol. The number of amides is 2. The van der Waals surface area contributed by atoms with Crippen LogP contribution in [0.15, 0.2) is 53.9 Å². The van der Waals surface area contributed by atoms with Crippen LogP contribution < -0.4 is 5.32 Å². The minimum atomic E-state index is -0.219. The maximum atomic E-state index is 12.9. The first-order valence-corrected chi connectivity index (χ1v) is 13.4. The van der Waals surface area contributed by atoms with E-state index in [-0.39, 0.29) is 11.8 Å². The second kappa shape index (κ2) is 11.2. The van der Waals surface area contributed by atoms with E-state index in [1.165, 1.54) is 11.3 Å². The molecule has 0 atom stereocenters. The molecule has 1 fully saturated rings. The highest BCUT2D eigenvalue weighted by molar-refractivity contribution is 7.99. The molecule has 2 heterocycles. The molecule has 1 aliphatic rings. The van der Waals surface area contributed by atoms with E-state index >= 15 is 0 Å². The highest BCUT2D eigenvalue weighted by Gasteiger charge is 2.26. The second-order valence-corrected chi connectivity index (χ2v) is 10.5. The summed E-state index contributed by atoms with van der Waals surface area (Å²) in [6.07, 6.45) is 1.77. The number of carbonyl (C=O) groups excluding carboxylic acids is 2. The van der Waals surface area contributed by atoms with Crippen LogP contribution >= 0.6 is 34.7 Å². The van der Waals surface area contributed by atoms with Crippen molar-refractivity contribution < 1.29 is 9.59 Å². The Bertz CT molecular complexity index is 1110. The van der Waals surface area contributed by atoms with Crippen LogP contribution in [0.25, 0.3) is 11.1 Å². The summed E-state index contributed by atoms with van der Waals surface area (Å²) in [6.45, 7) is 3.57. The molecule has 1 aromatic heterocycles. The number of benzene rings is 2. The Morgan fingerprint density at radius 1 is 1.15 bits per heavy atom. The van der Waals surface area contributed by atoms with Gasteiger partial charge >= 0.3 is 0 Å². The largest absolute Gasteiger partial charge is 0.342 e. The number of thioether (sulfide) groups is 1. The van der Waals surface area contributed by atoms with Crippen molar-refractivity contribution in [3.8, 4) is 11.1 Å². The van der Waals surface area contributed by atoms with Gasteiger partial charge < -0.3 is 10.2 Å². The van der Waals surface area contributed by atoms with Gasteiger partial charge in [0.05, 0.1) is 10.8 Å². The number of piperidine rings is 1. The molecule has 0 bridgehead atoms. The van der Waals surface area contributed by atoms with E-state index in [4.69, 9.17) is 11.6 Å². The Morgan fingerprint density at radius 3 is 2.61 bits per heavy atom. The molecule has 33 heavy (non-hydrogen) atoms. The molecule has 1 saturated heterocycles. The summed E-state index contributed by atoms with van der Waals surface area (Å²) in [5.41, 5.74) is 3.07. The lowest BCUT2D eigenvalue weighted by atomic mass is 9.97. The first kappa shape index (κ1) is 23.8. The normalized spacial score (nSPS) is 14.3. The van der Waals surface area contributed by atoms with E-state index in [9.17, 15) is 9.59 Å². The van der Waals surface area contributed by atoms with Gasteiger partial charge in [-0.2, -0.15) is 11.8 Å². The van der Waals surface area contributed by atoms with Gasteiger partial charge in [-0.25, -0.2) is 4.98 Å². The van der Waals surface area contributed by atoms with Crippen molar-refractivity contribution in [1.82, 2.24) is 9.88 Å². The lowest BCUT2D eigenvalue weighted by molar-refractivity contribution is -0.129. The highest BCUT2D eigenvalue weighted by atomic mass is 35.5. The van der Waals surface area contributed by atoms with Gasteiger partial charge in [-0.3, -0.25) is 9.59 Å². The van der Waals surface area contributed by atoms with Gasteiger partial charge in [-0.1, -0.05) is 48.9 Å². The standard InChI is InChI=1S/C25H26ClN3O2S2/c1-2-32-16-23(30)29-13-11-18(12-14-29)25-28-22(15-33-25)24(31)27-21-6-4-3-5-20(21)17-7-9-19(26)10-8-17/h3-10,15,18H,2,11-14,16H2,1H3,(H,27,31). The molecule has 0 saturated carbocycles. The van der Waals surface area contributed by atoms with Gasteiger partial charge in [0.15, 0.2) is 0 Å². The van der Waals surface area contributed by atoms with E-state index in [0.29, 0.717) is 22.4 Å². The Morgan fingerprint density at radius 2 is 1.88 bits per heavy atom. The molecule has 0 spiro atoms. The van der Waals surface area contributed by atoms with Crippen LogP contribution in [0.1, 0.15) is 41.2 Å². The Kier molecular flexibility index (Phi) is 8.06. The van der Waals surface area contributed by atoms with Crippen molar-refractivity contribution >= 4 is 52.2 Å². The quantitative estimate of drug-likeness (QED) is 0.422. The summed E-state index contributed by atoms with van der Waals surface area (Å²) in [4.78, 5) is 31.8. The fourth-order valence-electron chi connectivity index (χ4n) is 3.90. The molecule has 0 unspecified atom stereocenters. The van der Waals surface area contributed by atoms with Gasteiger partial charge in [0.2, 0.25) is 5.91 Å². The number of thiazole rings is 1. The van der Waals surface area contributed by atoms with Crippen molar-refractivity contribution in [2.45, 2.75) is 25.7 Å². The Balaban J connectivity index is 1.40. The number of halogens is 1. The van der Waals surface area contributed by atoms with E-state index in [0.717, 1.165) is 53.5 Å². The van der Waals surface area contributed by atoms with E-state index in [1.54, 1.807) is 11.8 Å². The minimum absolute atomic E-state index is 0.219. The fourth-order valence-corrected chi connectivity index (χ4v) is 5.55. The molecule has 172 valence electrons. The number of nitrogens with zero attached hydrogens (tertiary/aromatic N) is 2. The zero-order chi connectivity index (χ0) is 23.2. The second-order valence-electron chi connectivity index (χ2n) is 7.87. The van der Waals surface area contributed by atoms with Gasteiger partial charge in [0.25, 0.3) is 5.91 Å². The number of carbonyl (C=O) groups is 2. The van der Waals surface area contributed by atoms with Crippen LogP contribution in [-0.2, 0) is 4.79 Å². The molecule has 1 N–H and O–H groups in total. The molecule has 1 aliphatic heterocycles. The first-order chi connectivity index (χ1) is 16.0. The fraction of sp³-hybridized carbons (Fsp3) is 0.320. The molecular formula is C25H26ClN3O2S2. The number of likely N-dealkylation sites (tertiary alicyclic amines) is 1. The van der Waals surface area contributed by atoms with Gasteiger partial charge in [-0.05, 0) is 42.4 Å². The predicted molar refractivity (Wildman–Crippen MR) is 139 cm³/mol. The zero-order valence-corrected chi connectivity index (χ0v) is 20.8. The smallest absolute Gasteiger partial charge is 0.275 e. The van der Waals surface area contributed by atoms with Crippen molar-refractivity contribution in [1.29, 1.82) is 0 Å². The third-order valence-electron chi connectivity index (χ3n) is 5.71. The number of hydrogen-bond acceptors (Lipinski definition) is 5. The average molecular weight is 500 g/mol. The molecule has 2 amide bonds. The summed E-state index contributed by atoms with van der Waals surface area (Å²) >= 11 is 9.20. The Labute approximate surface area is 207 Å². The minimum Gasteiger partial charge on any atom is -0.342 e. The van der Waals surface area contributed by atoms with Gasteiger partial charge in [-0.15, -0.1) is 11.3 Å². The summed E-state index contributed by atoms with van der Waals surface area (Å²) in [7, 11) is 0. The zero-order valence-electron chi connectivity index (χ0n) is 18.4. The van der Waals surface area contributed by atoms with Crippen molar-refractivity contribution in [3.63, 3.8) is 0 Å². The molecule has 3 aromatic rings. The van der Waals surface area contributed by atoms with Crippen molar-refractivity contribution in [2.75, 3.05) is 29.9 Å². The maximum Gasteiger partial charge on any atom is 0.275 e. The van der Waals surface area contributed by atoms with Crippen molar-refractivity contribution in [2.24, 2.45) is 0 Å². The van der Waals surface area contributed by atoms with Crippen LogP contribution in [0.4, 0.5) is 5.69 Å². The monoisotopic (exact) mass is 499 g/mol. The maximum absolute atomic E-state index is 12.9. The van der Waals surface area contributed by atoms with E-state index < -0.39 is 0 Å². The summed E-state index contributed by atoms with van der Waals surface area (Å²) in [5.74, 6) is 1.80. The topological polar surface area (TPSA) is 62.3 Å². The van der Waals surface area contributed by atoms with E-state index in [2.05, 4.69) is 17.2 Å². The molecule has 5 nitrogen and oxygen atoms in total. The Hall–Kier alpha value is -2.35. The molecule has 0 radical (unpaired) electrons. The lowest BCUT2D eigenvalue weighted by Crippen LogP contribution is -2.39. The van der Waals surface area contributed by atoms with Crippen molar-refractivity contribution in [3.05, 3.63) is 69.6 Å². The number of rotatable bonds is 7. The molecule has 2 aromatic carbocycles. The summed E-state index contributed by atoms with van der Waals surface area (Å²) < 4.78 is 0. The van der Waals surface area contributed by atoms with Crippen LogP contribution in [0.5, 0.6) is 0 Å². The third kappa shape index (κ3) is 5.96. The van der Waals surface area contributed by atoms with Crippen LogP contribution in [0.3, 0.4) is 0 Å². The average Bonchev–Trinajstić information content (AvgIpc) is 3.34. The first-order valence-electron chi connectivity index (χ1n) is 11.0. The van der Waals surface area contributed by atoms with Crippen LogP contribution in [-0.4, -0.2) is 46.3 Å². The number of anilines is 1. The number of para-hydroxylation sites is 1. The lowest BCUT2D eigenvalue weighted by Gasteiger charge is -2.31. The molecule has 0 aliphatic carbocycles. The molecule has 4 rings (SSSR count). The van der Waals surface area contributed by atoms with E-state index in [1.807, 2.05) is 58.8 Å². The number of aromatic nitrogens is 1.